The number of amides is 1. The molecular weight excluding hydrogens is 465 g/mol. The van der Waals surface area contributed by atoms with Gasteiger partial charge in [-0.1, -0.05) is 66.7 Å². The first-order chi connectivity index (χ1) is 14.4. The van der Waals surface area contributed by atoms with E-state index in [0.29, 0.717) is 5.56 Å². The minimum Gasteiger partial charge on any atom is -0.179 e. The SMILES string of the molecule is C[SiH]C.Cc1cccc(C)c1C([NH-])=O.[Cl][Ti][Cl].[c-]1cccc2c1Cc1ccccc1-2. The maximum absolute atomic E-state index is 10.8. The van der Waals surface area contributed by atoms with Crippen LogP contribution in [0.15, 0.2) is 60.7 Å². The summed E-state index contributed by atoms with van der Waals surface area (Å²) in [6, 6.07) is 23.7. The van der Waals surface area contributed by atoms with Crippen molar-refractivity contribution < 1.29 is 21.8 Å². The summed E-state index contributed by atoms with van der Waals surface area (Å²) in [4.78, 5) is 10.8. The van der Waals surface area contributed by atoms with E-state index in [-0.39, 0.29) is 0 Å². The Morgan fingerprint density at radius 2 is 1.50 bits per heavy atom. The number of aryl methyl sites for hydroxylation is 2. The van der Waals surface area contributed by atoms with Crippen LogP contribution in [-0.2, 0) is 23.5 Å². The molecule has 0 bridgehead atoms. The zero-order chi connectivity index (χ0) is 22.5. The van der Waals surface area contributed by atoms with E-state index in [0.717, 1.165) is 27.1 Å². The molecule has 1 aliphatic carbocycles. The Hall–Kier alpha value is -1.36. The number of nitrogens with one attached hydrogen (secondary N) is 1. The number of carbonyl (C=O) groups excluding carboxylic acids is 1. The number of halogens is 2. The van der Waals surface area contributed by atoms with Crippen molar-refractivity contribution in [2.45, 2.75) is 33.4 Å². The molecule has 0 fully saturated rings. The van der Waals surface area contributed by atoms with E-state index >= 15 is 0 Å². The molecule has 1 aliphatic rings. The molecule has 3 aromatic rings. The van der Waals surface area contributed by atoms with Crippen LogP contribution in [-0.4, -0.2) is 15.4 Å². The van der Waals surface area contributed by atoms with E-state index in [1.54, 1.807) is 0 Å². The maximum Gasteiger partial charge on any atom is -0.0253 e. The summed E-state index contributed by atoms with van der Waals surface area (Å²) in [5.74, 6) is -0.597. The van der Waals surface area contributed by atoms with Gasteiger partial charge in [-0.25, -0.2) is 0 Å². The predicted molar refractivity (Wildman–Crippen MR) is 129 cm³/mol. The van der Waals surface area contributed by atoms with E-state index in [1.807, 2.05) is 38.1 Å². The molecule has 3 aromatic carbocycles. The third-order valence-corrected chi connectivity index (χ3v) is 4.32. The summed E-state index contributed by atoms with van der Waals surface area (Å²) in [5, 5.41) is 0. The van der Waals surface area contributed by atoms with Gasteiger partial charge >= 0.3 is 35.6 Å². The monoisotopic (exact) mass is 490 g/mol. The topological polar surface area (TPSA) is 40.9 Å². The van der Waals surface area contributed by atoms with Gasteiger partial charge < -0.3 is 10.5 Å². The summed E-state index contributed by atoms with van der Waals surface area (Å²) in [6.07, 6.45) is 1.05. The van der Waals surface area contributed by atoms with Gasteiger partial charge in [-0.05, 0) is 31.4 Å². The quantitative estimate of drug-likeness (QED) is 0.201. The van der Waals surface area contributed by atoms with E-state index in [1.165, 1.54) is 22.3 Å². The van der Waals surface area contributed by atoms with Crippen molar-refractivity contribution in [2.24, 2.45) is 0 Å². The molecule has 6 heteroatoms. The van der Waals surface area contributed by atoms with Crippen molar-refractivity contribution in [3.05, 3.63) is 100 Å². The molecule has 0 aromatic heterocycles. The van der Waals surface area contributed by atoms with Gasteiger partial charge in [0.2, 0.25) is 0 Å². The number of hydrogen-bond donors (Lipinski definition) is 0. The first-order valence-corrected chi connectivity index (χ1v) is 16.1. The Balaban J connectivity index is 0.000000241. The maximum atomic E-state index is 10.8. The Morgan fingerprint density at radius 1 is 0.967 bits per heavy atom. The van der Waals surface area contributed by atoms with Crippen molar-refractivity contribution >= 4 is 34.0 Å². The summed E-state index contributed by atoms with van der Waals surface area (Å²) in [7, 11) is 10.5. The number of benzene rings is 3. The summed E-state index contributed by atoms with van der Waals surface area (Å²) in [6.45, 7) is 8.10. The molecule has 4 rings (SSSR count). The van der Waals surface area contributed by atoms with Gasteiger partial charge in [-0.2, -0.15) is 29.8 Å². The Kier molecular flexibility index (Phi) is 13.0. The molecule has 30 heavy (non-hydrogen) atoms. The van der Waals surface area contributed by atoms with Gasteiger partial charge in [-0.3, -0.25) is 0 Å². The molecule has 0 atom stereocenters. The average Bonchev–Trinajstić information content (AvgIpc) is 3.08. The van der Waals surface area contributed by atoms with Gasteiger partial charge in [0.25, 0.3) is 0 Å². The van der Waals surface area contributed by atoms with Crippen molar-refractivity contribution in [3.63, 3.8) is 0 Å². The minimum atomic E-state index is -0.597. The van der Waals surface area contributed by atoms with Gasteiger partial charge in [0.05, 0.1) is 5.91 Å². The van der Waals surface area contributed by atoms with Gasteiger partial charge in [0.15, 0.2) is 0 Å². The van der Waals surface area contributed by atoms with Crippen LogP contribution in [0.25, 0.3) is 16.9 Å². The summed E-state index contributed by atoms with van der Waals surface area (Å²) >= 11 is -0.556. The van der Waals surface area contributed by atoms with Gasteiger partial charge in [-0.15, -0.1) is 5.56 Å². The van der Waals surface area contributed by atoms with Crippen molar-refractivity contribution in [3.8, 4) is 11.1 Å². The smallest absolute Gasteiger partial charge is 0.0253 e. The summed E-state index contributed by atoms with van der Waals surface area (Å²) in [5.41, 5.74) is 14.8. The van der Waals surface area contributed by atoms with E-state index in [2.05, 4.69) is 55.6 Å². The summed E-state index contributed by atoms with van der Waals surface area (Å²) < 4.78 is 0. The second kappa shape index (κ2) is 14.6. The minimum absolute atomic E-state index is 0.535. The standard InChI is InChI=1S/C13H9.C9H11NO.C2H7Si.2ClH.Ti/c1-3-7-12-10(5-1)9-11-6-2-4-8-13(11)12;1-6-4-3-5-7(2)8(6)9(10)11;1-3-2;;;/h1-5,7-8H,9H2;3-5H,1-2H3,(H2,10,11);3H,1-2H3;2*1H;/q-1;;;;;+2/p-3. The van der Waals surface area contributed by atoms with Crippen molar-refractivity contribution in [1.29, 1.82) is 0 Å². The fraction of sp³-hybridized carbons (Fsp3) is 0.208. The zero-order valence-corrected chi connectivity index (χ0v) is 22.0. The normalized spacial score (nSPS) is 9.93. The van der Waals surface area contributed by atoms with E-state index in [4.69, 9.17) is 24.3 Å². The largest absolute Gasteiger partial charge is 0.179 e. The molecule has 0 spiro atoms. The fourth-order valence-corrected chi connectivity index (χ4v) is 3.17. The molecule has 1 N–H and O–H groups in total. The Morgan fingerprint density at radius 3 is 2.03 bits per heavy atom. The van der Waals surface area contributed by atoms with Crippen LogP contribution in [0, 0.1) is 19.9 Å². The van der Waals surface area contributed by atoms with Crippen LogP contribution in [0.3, 0.4) is 0 Å². The average molecular weight is 491 g/mol. The number of carbonyl (C=O) groups is 1. The van der Waals surface area contributed by atoms with Crippen LogP contribution in [0.1, 0.15) is 32.6 Å². The molecule has 0 saturated carbocycles. The molecule has 0 aliphatic heterocycles. The third-order valence-electron chi connectivity index (χ3n) is 4.32. The van der Waals surface area contributed by atoms with Crippen LogP contribution in [0.4, 0.5) is 0 Å². The van der Waals surface area contributed by atoms with Crippen LogP contribution >= 0.6 is 18.6 Å². The molecule has 2 nitrogen and oxygen atoms in total. The fourth-order valence-electron chi connectivity index (χ4n) is 3.17. The van der Waals surface area contributed by atoms with E-state index < -0.39 is 22.9 Å². The van der Waals surface area contributed by atoms with Crippen LogP contribution < -0.4 is 0 Å². The number of fused-ring (bicyclic) bond motifs is 3. The number of rotatable bonds is 1. The van der Waals surface area contributed by atoms with Crippen LogP contribution in [0.5, 0.6) is 0 Å². The van der Waals surface area contributed by atoms with Crippen molar-refractivity contribution in [2.75, 3.05) is 0 Å². The Labute approximate surface area is 199 Å². The Bertz CT molecular complexity index is 884. The molecular formula is C24H26Cl2NOSiTi-2. The van der Waals surface area contributed by atoms with Crippen molar-refractivity contribution in [1.82, 2.24) is 0 Å². The van der Waals surface area contributed by atoms with E-state index in [9.17, 15) is 4.79 Å². The predicted octanol–water partition coefficient (Wildman–Crippen LogP) is 7.45. The first-order valence-electron chi connectivity index (χ1n) is 9.51. The zero-order valence-electron chi connectivity index (χ0n) is 17.7. The number of hydrogen-bond acceptors (Lipinski definition) is 1. The molecule has 157 valence electrons. The second-order valence-electron chi connectivity index (χ2n) is 6.64. The van der Waals surface area contributed by atoms with Gasteiger partial charge in [0, 0.05) is 15.1 Å². The van der Waals surface area contributed by atoms with Crippen LogP contribution in [0.2, 0.25) is 13.1 Å². The molecule has 0 unspecified atom stereocenters. The first kappa shape index (κ1) is 26.7. The molecule has 0 heterocycles. The molecule has 1 amide bonds. The second-order valence-corrected chi connectivity index (χ2v) is 10.4. The molecule has 0 saturated heterocycles. The van der Waals surface area contributed by atoms with Gasteiger partial charge in [0.1, 0.15) is 0 Å². The third kappa shape index (κ3) is 8.05. The molecule has 1 radical (unpaired) electrons.